The number of hydrogen-bond donors (Lipinski definition) is 2. The van der Waals surface area contributed by atoms with Gasteiger partial charge in [-0.2, -0.15) is 5.26 Å². The van der Waals surface area contributed by atoms with Gasteiger partial charge < -0.3 is 15.2 Å². The topological polar surface area (TPSA) is 115 Å². The van der Waals surface area contributed by atoms with E-state index in [1.54, 1.807) is 13.0 Å². The lowest BCUT2D eigenvalue weighted by Gasteiger charge is -2.24. The maximum absolute atomic E-state index is 13.0. The van der Waals surface area contributed by atoms with Gasteiger partial charge in [0.2, 0.25) is 0 Å². The molecule has 0 spiro atoms. The van der Waals surface area contributed by atoms with Gasteiger partial charge in [-0.25, -0.2) is 10.1 Å². The minimum Gasteiger partial charge on any atom is -0.495 e. The molecule has 1 atom stereocenters. The van der Waals surface area contributed by atoms with E-state index in [0.717, 1.165) is 5.56 Å². The van der Waals surface area contributed by atoms with E-state index < -0.39 is 10.8 Å². The van der Waals surface area contributed by atoms with Crippen LogP contribution in [0.4, 0.5) is 5.69 Å². The third-order valence-electron chi connectivity index (χ3n) is 4.73. The van der Waals surface area contributed by atoms with Gasteiger partial charge in [0, 0.05) is 17.0 Å². The Labute approximate surface area is 180 Å². The summed E-state index contributed by atoms with van der Waals surface area (Å²) < 4.78 is 23.6. The van der Waals surface area contributed by atoms with Crippen LogP contribution in [0.1, 0.15) is 38.8 Å². The molecule has 8 heteroatoms. The fourth-order valence-electron chi connectivity index (χ4n) is 2.80. The predicted octanol–water partition coefficient (Wildman–Crippen LogP) is 3.51. The van der Waals surface area contributed by atoms with Crippen molar-refractivity contribution in [3.05, 3.63) is 58.3 Å². The van der Waals surface area contributed by atoms with Crippen molar-refractivity contribution in [1.82, 2.24) is 0 Å². The first-order valence-electron chi connectivity index (χ1n) is 9.24. The summed E-state index contributed by atoms with van der Waals surface area (Å²) in [4.78, 5) is 0.581. The van der Waals surface area contributed by atoms with E-state index in [9.17, 15) is 9.47 Å². The van der Waals surface area contributed by atoms with Crippen LogP contribution in [0.25, 0.3) is 0 Å². The number of rotatable bonds is 6. The highest BCUT2D eigenvalue weighted by Crippen LogP contribution is 2.36. The number of benzene rings is 2. The number of hydrazine groups is 1. The molecule has 7 nitrogen and oxygen atoms in total. The summed E-state index contributed by atoms with van der Waals surface area (Å²) in [5, 5.41) is 10.7. The van der Waals surface area contributed by atoms with Crippen LogP contribution >= 0.6 is 0 Å². The summed E-state index contributed by atoms with van der Waals surface area (Å²) >= 11 is 0. The van der Waals surface area contributed by atoms with Gasteiger partial charge in [-0.1, -0.05) is 32.9 Å². The quantitative estimate of drug-likeness (QED) is 0.534. The Morgan fingerprint density at radius 1 is 1.10 bits per heavy atom. The van der Waals surface area contributed by atoms with Gasteiger partial charge in [0.1, 0.15) is 39.1 Å². The molecule has 0 fully saturated rings. The van der Waals surface area contributed by atoms with E-state index in [0.29, 0.717) is 33.3 Å². The normalized spacial score (nSPS) is 13.1. The molecule has 2 rings (SSSR count). The molecular weight excluding hydrogens is 400 g/mol. The fraction of sp³-hybridized carbons (Fsp3) is 0.318. The Kier molecular flexibility index (Phi) is 7.13. The Bertz CT molecular complexity index is 1020. The fourth-order valence-corrected chi connectivity index (χ4v) is 3.80. The molecule has 1 unspecified atom stereocenters. The van der Waals surface area contributed by atoms with Crippen molar-refractivity contribution in [2.24, 2.45) is 11.6 Å². The molecule has 2 aromatic carbocycles. The molecule has 0 aliphatic carbocycles. The molecule has 160 valence electrons. The summed E-state index contributed by atoms with van der Waals surface area (Å²) in [6, 6.07) is 12.7. The van der Waals surface area contributed by atoms with E-state index >= 15 is 0 Å². The van der Waals surface area contributed by atoms with Crippen molar-refractivity contribution in [1.29, 1.82) is 5.26 Å². The van der Waals surface area contributed by atoms with E-state index in [1.165, 1.54) is 25.3 Å². The monoisotopic (exact) mass is 428 g/mol. The first kappa shape index (κ1) is 23.3. The van der Waals surface area contributed by atoms with Crippen LogP contribution in [-0.2, 0) is 16.2 Å². The van der Waals surface area contributed by atoms with Crippen LogP contribution in [0.15, 0.2) is 52.0 Å². The van der Waals surface area contributed by atoms with Gasteiger partial charge in [0.25, 0.3) is 0 Å². The van der Waals surface area contributed by atoms with Gasteiger partial charge in [-0.3, -0.25) is 5.01 Å². The molecular formula is C22H28N4O3S. The zero-order valence-electron chi connectivity index (χ0n) is 18.1. The molecule has 30 heavy (non-hydrogen) atoms. The maximum atomic E-state index is 13.0. The third kappa shape index (κ3) is 4.75. The maximum Gasteiger partial charge on any atom is 0.145 e. The Morgan fingerprint density at radius 3 is 2.13 bits per heavy atom. The Hall–Kier alpha value is -3.02. The molecule has 0 heterocycles. The molecule has 0 bridgehead atoms. The van der Waals surface area contributed by atoms with Crippen LogP contribution < -0.4 is 26.1 Å². The second kappa shape index (κ2) is 9.20. The van der Waals surface area contributed by atoms with Crippen molar-refractivity contribution < 1.29 is 13.7 Å². The lowest BCUT2D eigenvalue weighted by Crippen LogP contribution is -2.32. The SMILES string of the molecule is COc1cc(N(N)/C(C)=C(\N)S(=O)c2ccc(C(C)(C)C)cc2)c(OC)cc1C#N. The molecule has 0 aliphatic rings. The highest BCUT2D eigenvalue weighted by molar-refractivity contribution is 7.89. The summed E-state index contributed by atoms with van der Waals surface area (Å²) in [7, 11) is 1.33. The van der Waals surface area contributed by atoms with Gasteiger partial charge in [-0.05, 0) is 30.0 Å². The summed E-state index contributed by atoms with van der Waals surface area (Å²) in [6.07, 6.45) is 0. The average molecular weight is 429 g/mol. The van der Waals surface area contributed by atoms with Gasteiger partial charge >= 0.3 is 0 Å². The predicted molar refractivity (Wildman–Crippen MR) is 119 cm³/mol. The minimum absolute atomic E-state index is 0.00339. The van der Waals surface area contributed by atoms with Crippen LogP contribution in [0.5, 0.6) is 11.5 Å². The van der Waals surface area contributed by atoms with Crippen LogP contribution in [0.3, 0.4) is 0 Å². The van der Waals surface area contributed by atoms with Crippen molar-refractivity contribution in [3.8, 4) is 17.6 Å². The lowest BCUT2D eigenvalue weighted by atomic mass is 9.87. The zero-order valence-corrected chi connectivity index (χ0v) is 19.0. The van der Waals surface area contributed by atoms with E-state index in [-0.39, 0.29) is 10.4 Å². The first-order chi connectivity index (χ1) is 14.0. The second-order valence-corrected chi connectivity index (χ2v) is 9.15. The minimum atomic E-state index is -1.60. The van der Waals surface area contributed by atoms with Crippen LogP contribution in [0.2, 0.25) is 0 Å². The van der Waals surface area contributed by atoms with E-state index in [2.05, 4.69) is 20.8 Å². The number of allylic oxidation sites excluding steroid dienone is 1. The van der Waals surface area contributed by atoms with E-state index in [4.69, 9.17) is 21.1 Å². The first-order valence-corrected chi connectivity index (χ1v) is 10.4. The van der Waals surface area contributed by atoms with Crippen molar-refractivity contribution in [2.75, 3.05) is 19.2 Å². The highest BCUT2D eigenvalue weighted by atomic mass is 32.2. The number of ether oxygens (including phenoxy) is 2. The molecule has 0 saturated heterocycles. The van der Waals surface area contributed by atoms with Crippen LogP contribution in [-0.4, -0.2) is 18.4 Å². The number of hydrogen-bond acceptors (Lipinski definition) is 7. The summed E-state index contributed by atoms with van der Waals surface area (Å²) in [6.45, 7) is 8.01. The summed E-state index contributed by atoms with van der Waals surface area (Å²) in [5.74, 6) is 6.98. The van der Waals surface area contributed by atoms with Crippen molar-refractivity contribution in [3.63, 3.8) is 0 Å². The number of anilines is 1. The third-order valence-corrected chi connectivity index (χ3v) is 6.13. The number of methoxy groups -OCH3 is 2. The number of nitriles is 1. The molecule has 0 aromatic heterocycles. The molecule has 0 radical (unpaired) electrons. The molecule has 2 aromatic rings. The molecule has 0 amide bonds. The molecule has 0 saturated carbocycles. The standard InChI is InChI=1S/C22H28N4O3S/c1-14(21(24)30(27)17-9-7-16(8-10-17)22(2,3)4)26(25)18-12-19(28-5)15(13-23)11-20(18)29-6/h7-12H,24-25H2,1-6H3/b21-14+. The van der Waals surface area contributed by atoms with E-state index in [1.807, 2.05) is 30.3 Å². The largest absolute Gasteiger partial charge is 0.495 e. The van der Waals surface area contributed by atoms with Crippen molar-refractivity contribution in [2.45, 2.75) is 38.0 Å². The second-order valence-electron chi connectivity index (χ2n) is 7.70. The summed E-state index contributed by atoms with van der Waals surface area (Å²) in [5.41, 5.74) is 8.46. The number of nitrogens with zero attached hydrogens (tertiary/aromatic N) is 2. The van der Waals surface area contributed by atoms with Crippen molar-refractivity contribution >= 4 is 16.5 Å². The van der Waals surface area contributed by atoms with Gasteiger partial charge in [-0.15, -0.1) is 0 Å². The zero-order chi connectivity index (χ0) is 22.6. The van der Waals surface area contributed by atoms with Gasteiger partial charge in [0.15, 0.2) is 0 Å². The smallest absolute Gasteiger partial charge is 0.145 e. The van der Waals surface area contributed by atoms with Gasteiger partial charge in [0.05, 0.1) is 25.5 Å². The average Bonchev–Trinajstić information content (AvgIpc) is 2.75. The Morgan fingerprint density at radius 2 is 1.67 bits per heavy atom. The lowest BCUT2D eigenvalue weighted by molar-refractivity contribution is 0.402. The Balaban J connectivity index is 2.43. The number of nitrogens with two attached hydrogens (primary N) is 2. The highest BCUT2D eigenvalue weighted by Gasteiger charge is 2.20. The molecule has 0 aliphatic heterocycles. The molecule has 4 N–H and O–H groups in total. The van der Waals surface area contributed by atoms with Crippen LogP contribution in [0, 0.1) is 11.3 Å².